The molecule has 0 bridgehead atoms. The van der Waals surface area contributed by atoms with Gasteiger partial charge < -0.3 is 14.5 Å². The minimum atomic E-state index is -0.104. The Balaban J connectivity index is 1.49. The Labute approximate surface area is 137 Å². The number of oxazole rings is 1. The van der Waals surface area contributed by atoms with Gasteiger partial charge in [-0.15, -0.1) is 0 Å². The Morgan fingerprint density at radius 1 is 1.30 bits per heavy atom. The van der Waals surface area contributed by atoms with E-state index < -0.39 is 0 Å². The molecule has 3 aliphatic rings. The minimum absolute atomic E-state index is 0.104. The molecule has 1 amide bonds. The zero-order valence-corrected chi connectivity index (χ0v) is 14.0. The van der Waals surface area contributed by atoms with Gasteiger partial charge in [0.2, 0.25) is 5.76 Å². The number of ether oxygens (including phenoxy) is 1. The quantitative estimate of drug-likeness (QED) is 0.927. The number of fused-ring (bicyclic) bond motifs is 1. The van der Waals surface area contributed by atoms with Gasteiger partial charge in [-0.25, -0.2) is 4.98 Å². The van der Waals surface area contributed by atoms with Crippen LogP contribution in [0.5, 0.6) is 0 Å². The SMILES string of the molecule is CCc1nc(C)c(C(=O)N[C@@H]2[C@H]3CCO[C@H]3[C@H]2C2CCCC2)o1. The van der Waals surface area contributed by atoms with Crippen molar-refractivity contribution < 1.29 is 13.9 Å². The highest BCUT2D eigenvalue weighted by Crippen LogP contribution is 2.51. The predicted octanol–water partition coefficient (Wildman–Crippen LogP) is 2.87. The van der Waals surface area contributed by atoms with Crippen molar-refractivity contribution in [2.75, 3.05) is 6.61 Å². The maximum atomic E-state index is 12.7. The molecule has 1 aromatic rings. The molecule has 0 radical (unpaired) electrons. The van der Waals surface area contributed by atoms with Crippen LogP contribution in [-0.4, -0.2) is 29.6 Å². The molecule has 4 atom stereocenters. The van der Waals surface area contributed by atoms with Gasteiger partial charge >= 0.3 is 0 Å². The van der Waals surface area contributed by atoms with Crippen molar-refractivity contribution in [3.63, 3.8) is 0 Å². The lowest BCUT2D eigenvalue weighted by molar-refractivity contribution is -0.0786. The summed E-state index contributed by atoms with van der Waals surface area (Å²) in [6.45, 7) is 4.66. The number of amides is 1. The van der Waals surface area contributed by atoms with E-state index in [1.54, 1.807) is 0 Å². The maximum absolute atomic E-state index is 12.7. The van der Waals surface area contributed by atoms with Gasteiger partial charge in [0.15, 0.2) is 5.89 Å². The van der Waals surface area contributed by atoms with Crippen LogP contribution >= 0.6 is 0 Å². The van der Waals surface area contributed by atoms with Crippen LogP contribution in [0.2, 0.25) is 0 Å². The minimum Gasteiger partial charge on any atom is -0.435 e. The third-order valence-corrected chi connectivity index (χ3v) is 6.03. The molecule has 1 aliphatic heterocycles. The van der Waals surface area contributed by atoms with Gasteiger partial charge in [-0.1, -0.05) is 32.6 Å². The van der Waals surface area contributed by atoms with Gasteiger partial charge in [-0.3, -0.25) is 4.79 Å². The molecular formula is C18H26N2O3. The van der Waals surface area contributed by atoms with Crippen LogP contribution < -0.4 is 5.32 Å². The number of carbonyl (C=O) groups excluding carboxylic acids is 1. The first-order valence-electron chi connectivity index (χ1n) is 9.07. The van der Waals surface area contributed by atoms with Crippen molar-refractivity contribution >= 4 is 5.91 Å². The molecule has 3 fully saturated rings. The molecule has 5 heteroatoms. The van der Waals surface area contributed by atoms with Gasteiger partial charge in [-0.05, 0) is 19.3 Å². The van der Waals surface area contributed by atoms with Crippen molar-refractivity contribution in [2.45, 2.75) is 64.5 Å². The van der Waals surface area contributed by atoms with Crippen LogP contribution in [0.1, 0.15) is 61.2 Å². The normalized spacial score (nSPS) is 33.5. The number of nitrogens with zero attached hydrogens (tertiary/aromatic N) is 1. The molecule has 2 saturated carbocycles. The summed E-state index contributed by atoms with van der Waals surface area (Å²) < 4.78 is 11.6. The summed E-state index contributed by atoms with van der Waals surface area (Å²) in [4.78, 5) is 17.0. The maximum Gasteiger partial charge on any atom is 0.289 e. The van der Waals surface area contributed by atoms with Crippen LogP contribution in [0.25, 0.3) is 0 Å². The molecule has 2 aliphatic carbocycles. The fraction of sp³-hybridized carbons (Fsp3) is 0.778. The summed E-state index contributed by atoms with van der Waals surface area (Å²) in [6.07, 6.45) is 7.34. The number of nitrogens with one attached hydrogen (secondary N) is 1. The van der Waals surface area contributed by atoms with Crippen molar-refractivity contribution in [3.8, 4) is 0 Å². The zero-order chi connectivity index (χ0) is 16.0. The third-order valence-electron chi connectivity index (χ3n) is 6.03. The fourth-order valence-electron chi connectivity index (χ4n) is 4.89. The second-order valence-electron chi connectivity index (χ2n) is 7.28. The van der Waals surface area contributed by atoms with Crippen molar-refractivity contribution in [1.29, 1.82) is 0 Å². The fourth-order valence-corrected chi connectivity index (χ4v) is 4.89. The van der Waals surface area contributed by atoms with Gasteiger partial charge in [0.05, 0.1) is 11.8 Å². The Hall–Kier alpha value is -1.36. The van der Waals surface area contributed by atoms with Crippen LogP contribution in [0.4, 0.5) is 0 Å². The molecule has 23 heavy (non-hydrogen) atoms. The van der Waals surface area contributed by atoms with Gasteiger partial charge in [0.1, 0.15) is 0 Å². The molecule has 0 aromatic carbocycles. The third kappa shape index (κ3) is 2.49. The van der Waals surface area contributed by atoms with E-state index in [0.717, 1.165) is 13.0 Å². The van der Waals surface area contributed by atoms with E-state index in [2.05, 4.69) is 10.3 Å². The first kappa shape index (κ1) is 15.2. The Morgan fingerprint density at radius 3 is 2.78 bits per heavy atom. The average molecular weight is 318 g/mol. The number of aryl methyl sites for hydroxylation is 2. The Morgan fingerprint density at radius 2 is 2.09 bits per heavy atom. The summed E-state index contributed by atoms with van der Waals surface area (Å²) in [6, 6.07) is 0.243. The van der Waals surface area contributed by atoms with E-state index in [9.17, 15) is 4.79 Å². The van der Waals surface area contributed by atoms with Crippen LogP contribution in [0.15, 0.2) is 4.42 Å². The van der Waals surface area contributed by atoms with Gasteiger partial charge in [0, 0.05) is 30.9 Å². The van der Waals surface area contributed by atoms with E-state index in [-0.39, 0.29) is 11.9 Å². The van der Waals surface area contributed by atoms with Gasteiger partial charge in [0.25, 0.3) is 5.91 Å². The van der Waals surface area contributed by atoms with E-state index in [0.29, 0.717) is 47.6 Å². The topological polar surface area (TPSA) is 64.4 Å². The van der Waals surface area contributed by atoms with Crippen molar-refractivity contribution in [3.05, 3.63) is 17.3 Å². The summed E-state index contributed by atoms with van der Waals surface area (Å²) >= 11 is 0. The van der Waals surface area contributed by atoms with E-state index in [1.807, 2.05) is 13.8 Å². The lowest BCUT2D eigenvalue weighted by Gasteiger charge is -2.50. The number of rotatable bonds is 4. The lowest BCUT2D eigenvalue weighted by atomic mass is 9.61. The molecule has 1 N–H and O–H groups in total. The van der Waals surface area contributed by atoms with E-state index in [4.69, 9.17) is 9.15 Å². The molecule has 1 saturated heterocycles. The van der Waals surface area contributed by atoms with E-state index >= 15 is 0 Å². The molecule has 5 nitrogen and oxygen atoms in total. The molecule has 1 aromatic heterocycles. The highest BCUT2D eigenvalue weighted by molar-refractivity contribution is 5.92. The number of aromatic nitrogens is 1. The predicted molar refractivity (Wildman–Crippen MR) is 85.2 cm³/mol. The summed E-state index contributed by atoms with van der Waals surface area (Å²) in [5.74, 6) is 2.60. The molecule has 4 rings (SSSR count). The summed E-state index contributed by atoms with van der Waals surface area (Å²) in [5.41, 5.74) is 0.690. The van der Waals surface area contributed by atoms with Crippen LogP contribution in [-0.2, 0) is 11.2 Å². The molecule has 2 heterocycles. The number of hydrogen-bond acceptors (Lipinski definition) is 4. The van der Waals surface area contributed by atoms with Crippen LogP contribution in [0, 0.1) is 24.7 Å². The zero-order valence-electron chi connectivity index (χ0n) is 14.0. The Kier molecular flexibility index (Phi) is 3.92. The number of hydrogen-bond donors (Lipinski definition) is 1. The smallest absolute Gasteiger partial charge is 0.289 e. The lowest BCUT2D eigenvalue weighted by Crippen LogP contribution is -2.63. The van der Waals surface area contributed by atoms with Crippen molar-refractivity contribution in [2.24, 2.45) is 17.8 Å². The molecule has 0 unspecified atom stereocenters. The average Bonchev–Trinajstić information content (AvgIpc) is 3.25. The van der Waals surface area contributed by atoms with Crippen LogP contribution in [0.3, 0.4) is 0 Å². The summed E-state index contributed by atoms with van der Waals surface area (Å²) in [5, 5.41) is 3.26. The van der Waals surface area contributed by atoms with E-state index in [1.165, 1.54) is 25.7 Å². The highest BCUT2D eigenvalue weighted by Gasteiger charge is 2.57. The largest absolute Gasteiger partial charge is 0.435 e. The monoisotopic (exact) mass is 318 g/mol. The summed E-state index contributed by atoms with van der Waals surface area (Å²) in [7, 11) is 0. The Bertz CT molecular complexity index is 586. The second kappa shape index (κ2) is 5.93. The highest BCUT2D eigenvalue weighted by atomic mass is 16.5. The molecule has 126 valence electrons. The first-order valence-corrected chi connectivity index (χ1v) is 9.07. The standard InChI is InChI=1S/C18H26N2O3/c1-3-13-19-10(2)16(23-13)18(21)20-15-12-8-9-22-17(12)14(15)11-6-4-5-7-11/h11-12,14-15,17H,3-9H2,1-2H3,(H,20,21)/t12-,14+,15-,17-/m1/s1. The van der Waals surface area contributed by atoms with Gasteiger partial charge in [-0.2, -0.15) is 0 Å². The molecule has 0 spiro atoms. The molecular weight excluding hydrogens is 292 g/mol. The number of carbonyl (C=O) groups is 1. The van der Waals surface area contributed by atoms with Crippen molar-refractivity contribution in [1.82, 2.24) is 10.3 Å². The second-order valence-corrected chi connectivity index (χ2v) is 7.28. The first-order chi connectivity index (χ1) is 11.2.